The summed E-state index contributed by atoms with van der Waals surface area (Å²) in [4.78, 5) is 40.0. The Morgan fingerprint density at radius 1 is 1.00 bits per heavy atom. The number of ether oxygens (including phenoxy) is 2. The molecule has 9 heteroatoms. The van der Waals surface area contributed by atoms with Crippen LogP contribution in [0.3, 0.4) is 0 Å². The number of rotatable bonds is 12. The van der Waals surface area contributed by atoms with E-state index in [1.165, 1.54) is 31.7 Å². The molecule has 0 saturated heterocycles. The molecular formula is C32H37N3O6. The van der Waals surface area contributed by atoms with Crippen molar-refractivity contribution in [3.05, 3.63) is 99.6 Å². The fourth-order valence-electron chi connectivity index (χ4n) is 5.23. The fraction of sp³-hybridized carbons (Fsp3) is 0.375. The number of nitro benzene ring substituents is 1. The lowest BCUT2D eigenvalue weighted by molar-refractivity contribution is -0.385. The number of nitro groups is 1. The van der Waals surface area contributed by atoms with Crippen LogP contribution in [0, 0.1) is 17.0 Å². The number of methoxy groups -OCH3 is 1. The van der Waals surface area contributed by atoms with E-state index in [0.717, 1.165) is 42.4 Å². The van der Waals surface area contributed by atoms with Crippen LogP contribution in [0.2, 0.25) is 0 Å². The van der Waals surface area contributed by atoms with E-state index in [1.54, 1.807) is 4.90 Å². The average Bonchev–Trinajstić information content (AvgIpc) is 2.98. The van der Waals surface area contributed by atoms with Crippen LogP contribution in [-0.2, 0) is 22.6 Å². The molecule has 1 saturated carbocycles. The second-order valence-electron chi connectivity index (χ2n) is 10.4. The number of carbonyl (C=O) groups excluding carboxylic acids is 2. The zero-order valence-electron chi connectivity index (χ0n) is 23.6. The number of nitrogens with one attached hydrogen (secondary N) is 1. The van der Waals surface area contributed by atoms with Gasteiger partial charge in [0, 0.05) is 31.1 Å². The SMILES string of the molecule is COc1cc(OCC(=O)N(Cc2cccc(C)c2)[C@@H](Cc2ccccc2)C(=O)NC2CCCCC2)ccc1[N+](=O)[O-]. The molecule has 0 aliphatic heterocycles. The van der Waals surface area contributed by atoms with Gasteiger partial charge in [0.1, 0.15) is 11.8 Å². The maximum atomic E-state index is 13.9. The van der Waals surface area contributed by atoms with Gasteiger partial charge < -0.3 is 19.7 Å². The van der Waals surface area contributed by atoms with Crippen molar-refractivity contribution in [2.75, 3.05) is 13.7 Å². The van der Waals surface area contributed by atoms with Gasteiger partial charge in [-0.2, -0.15) is 0 Å². The molecule has 0 aromatic heterocycles. The Morgan fingerprint density at radius 2 is 1.73 bits per heavy atom. The first kappa shape index (κ1) is 29.6. The molecule has 1 N–H and O–H groups in total. The lowest BCUT2D eigenvalue weighted by Crippen LogP contribution is -2.53. The third-order valence-corrected chi connectivity index (χ3v) is 7.37. The highest BCUT2D eigenvalue weighted by molar-refractivity contribution is 5.88. The normalized spacial score (nSPS) is 14.1. The third kappa shape index (κ3) is 8.30. The van der Waals surface area contributed by atoms with Gasteiger partial charge in [-0.1, -0.05) is 79.4 Å². The molecule has 0 unspecified atom stereocenters. The largest absolute Gasteiger partial charge is 0.490 e. The van der Waals surface area contributed by atoms with Gasteiger partial charge in [0.05, 0.1) is 12.0 Å². The molecule has 0 radical (unpaired) electrons. The highest BCUT2D eigenvalue weighted by Gasteiger charge is 2.32. The molecule has 9 nitrogen and oxygen atoms in total. The van der Waals surface area contributed by atoms with Crippen LogP contribution in [0.25, 0.3) is 0 Å². The van der Waals surface area contributed by atoms with Gasteiger partial charge >= 0.3 is 5.69 Å². The molecule has 1 aliphatic carbocycles. The Bertz CT molecular complexity index is 1340. The van der Waals surface area contributed by atoms with E-state index in [1.807, 2.05) is 61.5 Å². The number of hydrogen-bond acceptors (Lipinski definition) is 6. The molecule has 4 rings (SSSR count). The second-order valence-corrected chi connectivity index (χ2v) is 10.4. The standard InChI is InChI=1S/C32H37N3O6/c1-23-10-9-13-25(18-23)21-34(31(36)22-41-27-16-17-28(35(38)39)30(20-27)40-2)29(19-24-11-5-3-6-12-24)32(37)33-26-14-7-4-8-15-26/h3,5-6,9-13,16-18,20,26,29H,4,7-8,14-15,19,21-22H2,1-2H3,(H,33,37)/t29-/m0/s1. The molecule has 3 aromatic rings. The minimum Gasteiger partial charge on any atom is -0.490 e. The van der Waals surface area contributed by atoms with E-state index in [0.29, 0.717) is 6.42 Å². The van der Waals surface area contributed by atoms with Gasteiger partial charge in [0.15, 0.2) is 6.61 Å². The summed E-state index contributed by atoms with van der Waals surface area (Å²) in [5.41, 5.74) is 2.70. The molecule has 1 aliphatic rings. The zero-order chi connectivity index (χ0) is 29.2. The van der Waals surface area contributed by atoms with Crippen LogP contribution in [0.5, 0.6) is 11.5 Å². The summed E-state index contributed by atoms with van der Waals surface area (Å²) in [6.45, 7) is 1.86. The molecular weight excluding hydrogens is 522 g/mol. The van der Waals surface area contributed by atoms with Crippen molar-refractivity contribution < 1.29 is 24.0 Å². The van der Waals surface area contributed by atoms with Crippen molar-refractivity contribution in [2.45, 2.75) is 64.1 Å². The van der Waals surface area contributed by atoms with Gasteiger partial charge in [0.2, 0.25) is 11.7 Å². The maximum absolute atomic E-state index is 13.9. The first-order valence-corrected chi connectivity index (χ1v) is 14.0. The first-order chi connectivity index (χ1) is 19.8. The van der Waals surface area contributed by atoms with Crippen LogP contribution in [0.15, 0.2) is 72.8 Å². The predicted octanol–water partition coefficient (Wildman–Crippen LogP) is 5.38. The predicted molar refractivity (Wildman–Crippen MR) is 156 cm³/mol. The summed E-state index contributed by atoms with van der Waals surface area (Å²) in [6, 6.07) is 20.9. The van der Waals surface area contributed by atoms with Crippen LogP contribution < -0.4 is 14.8 Å². The molecule has 216 valence electrons. The first-order valence-electron chi connectivity index (χ1n) is 14.0. The smallest absolute Gasteiger partial charge is 0.311 e. The number of aryl methyl sites for hydroxylation is 1. The third-order valence-electron chi connectivity index (χ3n) is 7.37. The van der Waals surface area contributed by atoms with Gasteiger partial charge in [-0.05, 0) is 37.0 Å². The second kappa shape index (κ2) is 14.3. The van der Waals surface area contributed by atoms with Crippen molar-refractivity contribution in [2.24, 2.45) is 0 Å². The fourth-order valence-corrected chi connectivity index (χ4v) is 5.23. The van der Waals surface area contributed by atoms with E-state index in [-0.39, 0.29) is 48.2 Å². The van der Waals surface area contributed by atoms with Gasteiger partial charge in [-0.15, -0.1) is 0 Å². The Morgan fingerprint density at radius 3 is 2.41 bits per heavy atom. The molecule has 2 amide bonds. The minimum absolute atomic E-state index is 0.0328. The van der Waals surface area contributed by atoms with Crippen LogP contribution in [-0.4, -0.2) is 47.4 Å². The summed E-state index contributed by atoms with van der Waals surface area (Å²) < 4.78 is 10.9. The van der Waals surface area contributed by atoms with Crippen molar-refractivity contribution in [1.29, 1.82) is 0 Å². The van der Waals surface area contributed by atoms with E-state index in [2.05, 4.69) is 5.32 Å². The van der Waals surface area contributed by atoms with E-state index in [9.17, 15) is 19.7 Å². The Kier molecular flexibility index (Phi) is 10.3. The molecule has 0 heterocycles. The number of carbonyl (C=O) groups is 2. The Labute approximate surface area is 240 Å². The lowest BCUT2D eigenvalue weighted by Gasteiger charge is -2.33. The topological polar surface area (TPSA) is 111 Å². The molecule has 1 fully saturated rings. The number of benzene rings is 3. The van der Waals surface area contributed by atoms with E-state index < -0.39 is 11.0 Å². The van der Waals surface area contributed by atoms with Gasteiger partial charge in [-0.25, -0.2) is 0 Å². The molecule has 1 atom stereocenters. The number of amides is 2. The summed E-state index contributed by atoms with van der Waals surface area (Å²) in [6.07, 6.45) is 5.53. The maximum Gasteiger partial charge on any atom is 0.311 e. The molecule has 41 heavy (non-hydrogen) atoms. The van der Waals surface area contributed by atoms with Crippen molar-refractivity contribution in [3.63, 3.8) is 0 Å². The summed E-state index contributed by atoms with van der Waals surface area (Å²) in [5.74, 6) is -0.268. The van der Waals surface area contributed by atoms with Crippen molar-refractivity contribution in [1.82, 2.24) is 10.2 Å². The Hall–Kier alpha value is -4.40. The monoisotopic (exact) mass is 559 g/mol. The Balaban J connectivity index is 1.61. The number of hydrogen-bond donors (Lipinski definition) is 1. The summed E-state index contributed by atoms with van der Waals surface area (Å²) in [5, 5.41) is 14.5. The summed E-state index contributed by atoms with van der Waals surface area (Å²) >= 11 is 0. The van der Waals surface area contributed by atoms with Gasteiger partial charge in [0.25, 0.3) is 5.91 Å². The molecule has 0 spiro atoms. The van der Waals surface area contributed by atoms with Crippen LogP contribution in [0.1, 0.15) is 48.8 Å². The highest BCUT2D eigenvalue weighted by atomic mass is 16.6. The molecule has 0 bridgehead atoms. The summed E-state index contributed by atoms with van der Waals surface area (Å²) in [7, 11) is 1.33. The van der Waals surface area contributed by atoms with Crippen LogP contribution >= 0.6 is 0 Å². The van der Waals surface area contributed by atoms with Crippen LogP contribution in [0.4, 0.5) is 5.69 Å². The highest BCUT2D eigenvalue weighted by Crippen LogP contribution is 2.31. The van der Waals surface area contributed by atoms with Gasteiger partial charge in [-0.3, -0.25) is 19.7 Å². The zero-order valence-corrected chi connectivity index (χ0v) is 23.6. The lowest BCUT2D eigenvalue weighted by atomic mass is 9.94. The van der Waals surface area contributed by atoms with E-state index >= 15 is 0 Å². The number of nitrogens with zero attached hydrogens (tertiary/aromatic N) is 2. The van der Waals surface area contributed by atoms with Crippen molar-refractivity contribution >= 4 is 17.5 Å². The minimum atomic E-state index is -0.762. The quantitative estimate of drug-likeness (QED) is 0.236. The average molecular weight is 560 g/mol. The van der Waals surface area contributed by atoms with E-state index in [4.69, 9.17) is 9.47 Å². The molecule has 3 aromatic carbocycles. The van der Waals surface area contributed by atoms with Crippen molar-refractivity contribution in [3.8, 4) is 11.5 Å².